The van der Waals surface area contributed by atoms with Gasteiger partial charge in [0, 0.05) is 45.4 Å². The molecule has 16 heteroatoms. The van der Waals surface area contributed by atoms with Gasteiger partial charge in [0.2, 0.25) is 11.8 Å². The Labute approximate surface area is 369 Å². The second kappa shape index (κ2) is 18.7. The van der Waals surface area contributed by atoms with Crippen LogP contribution in [0, 0.1) is 13.8 Å². The Morgan fingerprint density at radius 1 is 0.597 bits per heavy atom. The molecule has 14 nitrogen and oxygen atoms in total. The Hall–Kier alpha value is -6.38. The van der Waals surface area contributed by atoms with Gasteiger partial charge in [0.15, 0.2) is 11.6 Å². The van der Waals surface area contributed by atoms with E-state index >= 15 is 0 Å². The zero-order chi connectivity index (χ0) is 43.3. The van der Waals surface area contributed by atoms with Crippen molar-refractivity contribution in [1.82, 2.24) is 40.2 Å². The summed E-state index contributed by atoms with van der Waals surface area (Å²) in [6.07, 6.45) is 1.69. The van der Waals surface area contributed by atoms with E-state index in [-0.39, 0.29) is 24.7 Å². The summed E-state index contributed by atoms with van der Waals surface area (Å²) in [6.45, 7) is 9.49. The largest absolute Gasteiger partial charge is 0.494 e. The number of aromatic nitrogens is 6. The molecule has 0 fully saturated rings. The smallest absolute Gasteiger partial charge is 0.222 e. The lowest BCUT2D eigenvalue weighted by Gasteiger charge is -2.16. The average Bonchev–Trinajstić information content (AvgIpc) is 3.76. The van der Waals surface area contributed by atoms with Crippen LogP contribution in [0.3, 0.4) is 0 Å². The van der Waals surface area contributed by atoms with E-state index in [9.17, 15) is 9.59 Å². The molecule has 0 aliphatic carbocycles. The lowest BCUT2D eigenvalue weighted by Crippen LogP contribution is -2.25. The minimum Gasteiger partial charge on any atom is -0.494 e. The number of carbonyl (C=O) groups is 2. The third kappa shape index (κ3) is 8.97. The lowest BCUT2D eigenvalue weighted by molar-refractivity contribution is -0.122. The Morgan fingerprint density at radius 3 is 1.39 bits per heavy atom. The Kier molecular flexibility index (Phi) is 12.8. The number of hydrogen-bond donors (Lipinski definition) is 2. The van der Waals surface area contributed by atoms with Crippen molar-refractivity contribution in [2.45, 2.75) is 65.5 Å². The van der Waals surface area contributed by atoms with Gasteiger partial charge in [-0.05, 0) is 101 Å². The fraction of sp³-hybridized carbons (Fsp3) is 0.304. The summed E-state index contributed by atoms with van der Waals surface area (Å²) in [7, 11) is 0. The molecule has 4 aromatic carbocycles. The number of carbonyl (C=O) groups excluding carboxylic acids is 2. The third-order valence-corrected chi connectivity index (χ3v) is 11.1. The number of halogens is 2. The maximum atomic E-state index is 12.9. The summed E-state index contributed by atoms with van der Waals surface area (Å²) >= 11 is 12.6. The molecule has 4 heterocycles. The van der Waals surface area contributed by atoms with Crippen LogP contribution in [0.5, 0.6) is 11.5 Å². The molecule has 2 aliphatic rings. The zero-order valence-electron chi connectivity index (χ0n) is 34.9. The molecule has 6 aromatic rings. The summed E-state index contributed by atoms with van der Waals surface area (Å²) in [5, 5.41) is 24.7. The monoisotopic (exact) mass is 872 g/mol. The number of aliphatic imine (C=N–C) groups is 2. The number of rotatable bonds is 15. The van der Waals surface area contributed by atoms with Crippen molar-refractivity contribution >= 4 is 46.4 Å². The van der Waals surface area contributed by atoms with Gasteiger partial charge in [-0.1, -0.05) is 47.5 Å². The van der Waals surface area contributed by atoms with E-state index in [4.69, 9.17) is 42.7 Å². The predicted molar refractivity (Wildman–Crippen MR) is 239 cm³/mol. The normalized spacial score (nSPS) is 15.1. The lowest BCUT2D eigenvalue weighted by atomic mass is 10.00. The van der Waals surface area contributed by atoms with Crippen LogP contribution in [0.1, 0.15) is 97.2 Å². The molecule has 62 heavy (non-hydrogen) atoms. The van der Waals surface area contributed by atoms with Crippen molar-refractivity contribution in [1.29, 1.82) is 0 Å². The highest BCUT2D eigenvalue weighted by atomic mass is 35.5. The van der Waals surface area contributed by atoms with Gasteiger partial charge in [-0.2, -0.15) is 0 Å². The van der Waals surface area contributed by atoms with Crippen LogP contribution in [-0.2, 0) is 9.59 Å². The number of fused-ring (bicyclic) bond motifs is 6. The SMILES string of the molecule is CCNC(=O)CC1N=C(c2ccc(Cl)cc2)c2cc(OCCCCOc3ccc4c(c3)C(c3ccc(Cl)cc3)=NC(CC(=O)NCC)c3nnc(C)n3-4)ccc2-n2c(C)nnc21. The second-order valence-corrected chi connectivity index (χ2v) is 15.8. The Bertz CT molecular complexity index is 2490. The first kappa shape index (κ1) is 42.3. The van der Waals surface area contributed by atoms with Crippen molar-refractivity contribution in [3.63, 3.8) is 0 Å². The van der Waals surface area contributed by atoms with Gasteiger partial charge >= 0.3 is 0 Å². The van der Waals surface area contributed by atoms with E-state index in [0.29, 0.717) is 82.6 Å². The molecule has 318 valence electrons. The van der Waals surface area contributed by atoms with Crippen LogP contribution in [0.15, 0.2) is 94.9 Å². The minimum absolute atomic E-state index is 0.118. The van der Waals surface area contributed by atoms with E-state index in [1.54, 1.807) is 0 Å². The summed E-state index contributed by atoms with van der Waals surface area (Å²) in [5.41, 5.74) is 6.43. The highest BCUT2D eigenvalue weighted by Crippen LogP contribution is 2.36. The van der Waals surface area contributed by atoms with Crippen LogP contribution < -0.4 is 20.1 Å². The predicted octanol–water partition coefficient (Wildman–Crippen LogP) is 7.85. The molecule has 2 aliphatic heterocycles. The van der Waals surface area contributed by atoms with Crippen molar-refractivity contribution in [2.24, 2.45) is 9.98 Å². The fourth-order valence-corrected chi connectivity index (χ4v) is 8.01. The van der Waals surface area contributed by atoms with Gasteiger partial charge in [0.25, 0.3) is 0 Å². The summed E-state index contributed by atoms with van der Waals surface area (Å²) < 4.78 is 16.6. The molecular formula is C46H46Cl2N10O4. The molecule has 0 bridgehead atoms. The molecule has 2 amide bonds. The standard InChI is InChI=1S/C46H46Cl2N10O4/c1-5-49-41(59)25-37-45-55-53-27(3)57(45)39-19-17-33(23-35(39)43(51-37)29-9-13-31(47)14-10-29)61-21-7-8-22-62-34-18-20-40-36(24-34)44(30-11-15-32(48)16-12-30)52-38(26-42(60)50-6-2)46-56-54-28(4)58(40)46/h9-20,23-24,37-38H,5-8,21-22,25-26H2,1-4H3,(H,49,59)(H,50,60). The van der Waals surface area contributed by atoms with E-state index in [1.807, 2.05) is 122 Å². The van der Waals surface area contributed by atoms with Gasteiger partial charge < -0.3 is 20.1 Å². The van der Waals surface area contributed by atoms with E-state index < -0.39 is 12.1 Å². The number of amides is 2. The van der Waals surface area contributed by atoms with Gasteiger partial charge in [-0.3, -0.25) is 28.7 Å². The number of hydrogen-bond acceptors (Lipinski definition) is 10. The van der Waals surface area contributed by atoms with E-state index in [2.05, 4.69) is 31.0 Å². The molecule has 2 unspecified atom stereocenters. The quantitative estimate of drug-likeness (QED) is 0.0987. The van der Waals surface area contributed by atoms with Crippen LogP contribution in [-0.4, -0.2) is 79.1 Å². The average molecular weight is 874 g/mol. The maximum absolute atomic E-state index is 12.9. The molecule has 0 spiro atoms. The van der Waals surface area contributed by atoms with Gasteiger partial charge in [0.05, 0.1) is 48.9 Å². The molecule has 8 rings (SSSR count). The number of benzene rings is 4. The number of nitrogens with one attached hydrogen (secondary N) is 2. The highest BCUT2D eigenvalue weighted by Gasteiger charge is 2.32. The molecule has 0 radical (unpaired) electrons. The molecule has 2 N–H and O–H groups in total. The zero-order valence-corrected chi connectivity index (χ0v) is 36.4. The second-order valence-electron chi connectivity index (χ2n) is 15.0. The Balaban J connectivity index is 0.991. The molecule has 0 saturated carbocycles. The third-order valence-electron chi connectivity index (χ3n) is 10.6. The number of unbranched alkanes of at least 4 members (excludes halogenated alkanes) is 1. The maximum Gasteiger partial charge on any atom is 0.222 e. The minimum atomic E-state index is -0.568. The van der Waals surface area contributed by atoms with Gasteiger partial charge in [-0.15, -0.1) is 20.4 Å². The summed E-state index contributed by atoms with van der Waals surface area (Å²) in [6, 6.07) is 25.7. The van der Waals surface area contributed by atoms with E-state index in [0.717, 1.165) is 46.5 Å². The highest BCUT2D eigenvalue weighted by molar-refractivity contribution is 6.31. The van der Waals surface area contributed by atoms with Gasteiger partial charge in [-0.25, -0.2) is 0 Å². The first-order valence-electron chi connectivity index (χ1n) is 20.7. The van der Waals surface area contributed by atoms with E-state index in [1.165, 1.54) is 0 Å². The number of aryl methyl sites for hydroxylation is 2. The van der Waals surface area contributed by atoms with Gasteiger partial charge in [0.1, 0.15) is 35.2 Å². The number of nitrogens with zero attached hydrogens (tertiary/aromatic N) is 8. The van der Waals surface area contributed by atoms with Crippen molar-refractivity contribution < 1.29 is 19.1 Å². The topological polar surface area (TPSA) is 163 Å². The molecule has 0 saturated heterocycles. The van der Waals surface area contributed by atoms with Crippen molar-refractivity contribution in [2.75, 3.05) is 26.3 Å². The fourth-order valence-electron chi connectivity index (χ4n) is 7.75. The summed E-state index contributed by atoms with van der Waals surface area (Å²) in [4.78, 5) is 36.0. The number of ether oxygens (including phenoxy) is 2. The van der Waals surface area contributed by atoms with Crippen LogP contribution >= 0.6 is 23.2 Å². The van der Waals surface area contributed by atoms with Crippen molar-refractivity contribution in [3.8, 4) is 22.9 Å². The molecular weight excluding hydrogens is 827 g/mol. The summed E-state index contributed by atoms with van der Waals surface area (Å²) in [5.74, 6) is 3.67. The van der Waals surface area contributed by atoms with Crippen LogP contribution in [0.2, 0.25) is 10.0 Å². The first-order chi connectivity index (χ1) is 30.1. The Morgan fingerprint density at radius 2 is 1.00 bits per heavy atom. The molecule has 2 atom stereocenters. The first-order valence-corrected chi connectivity index (χ1v) is 21.5. The van der Waals surface area contributed by atoms with Crippen molar-refractivity contribution in [3.05, 3.63) is 141 Å². The molecule has 2 aromatic heterocycles. The van der Waals surface area contributed by atoms with Crippen LogP contribution in [0.25, 0.3) is 11.4 Å². The van der Waals surface area contributed by atoms with Crippen LogP contribution in [0.4, 0.5) is 0 Å².